The number of carbonyl (C=O) groups is 1. The Balaban J connectivity index is 3.23. The topological polar surface area (TPSA) is 55.8 Å². The minimum atomic E-state index is -1.07. The van der Waals surface area contributed by atoms with Crippen molar-refractivity contribution in [1.82, 2.24) is 0 Å². The number of halogens is 1. The molecule has 1 aromatic rings. The third kappa shape index (κ3) is 3.72. The molecule has 94 valence electrons. The van der Waals surface area contributed by atoms with E-state index in [9.17, 15) is 4.79 Å². The van der Waals surface area contributed by atoms with Crippen LogP contribution in [0.15, 0.2) is 18.2 Å². The van der Waals surface area contributed by atoms with E-state index in [1.807, 2.05) is 0 Å². The monoisotopic (exact) mass is 266 g/mol. The van der Waals surface area contributed by atoms with E-state index in [1.54, 1.807) is 12.1 Å². The molecule has 0 aliphatic carbocycles. The zero-order valence-corrected chi connectivity index (χ0v) is 10.4. The van der Waals surface area contributed by atoms with Crippen molar-refractivity contribution in [3.63, 3.8) is 0 Å². The molecule has 0 radical (unpaired) electrons. The summed E-state index contributed by atoms with van der Waals surface area (Å²) in [5.74, 6) is 2.00. The summed E-state index contributed by atoms with van der Waals surface area (Å²) < 4.78 is 10.4. The van der Waals surface area contributed by atoms with Gasteiger partial charge < -0.3 is 14.6 Å². The third-order valence-corrected chi connectivity index (χ3v) is 2.19. The van der Waals surface area contributed by atoms with E-state index in [-0.39, 0.29) is 6.61 Å². The van der Waals surface area contributed by atoms with Crippen LogP contribution in [0.5, 0.6) is 11.5 Å². The summed E-state index contributed by atoms with van der Waals surface area (Å²) in [6, 6.07) is 3.13. The molecule has 1 rings (SSSR count). The normalized spacial score (nSPS) is 10.1. The highest BCUT2D eigenvalue weighted by Crippen LogP contribution is 2.35. The van der Waals surface area contributed by atoms with Crippen LogP contribution in [-0.2, 0) is 4.79 Å². The Kier molecular flexibility index (Phi) is 5.09. The second-order valence-corrected chi connectivity index (χ2v) is 3.63. The smallest absolute Gasteiger partial charge is 0.328 e. The largest absolute Gasteiger partial charge is 0.493 e. The Morgan fingerprint density at radius 2 is 2.33 bits per heavy atom. The molecule has 0 atom stereocenters. The van der Waals surface area contributed by atoms with Gasteiger partial charge in [0.25, 0.3) is 0 Å². The highest BCUT2D eigenvalue weighted by Gasteiger charge is 2.11. The lowest BCUT2D eigenvalue weighted by Gasteiger charge is -2.12. The first kappa shape index (κ1) is 13.9. The molecule has 18 heavy (non-hydrogen) atoms. The molecule has 4 nitrogen and oxygen atoms in total. The summed E-state index contributed by atoms with van der Waals surface area (Å²) in [6.45, 7) is 0.0475. The molecule has 0 heterocycles. The van der Waals surface area contributed by atoms with E-state index < -0.39 is 5.97 Å². The van der Waals surface area contributed by atoms with Crippen molar-refractivity contribution in [2.75, 3.05) is 13.7 Å². The van der Waals surface area contributed by atoms with Crippen molar-refractivity contribution < 1.29 is 19.4 Å². The molecule has 5 heteroatoms. The maximum absolute atomic E-state index is 10.5. The lowest BCUT2D eigenvalue weighted by molar-refractivity contribution is -0.131. The number of aliphatic carboxylic acids is 1. The third-order valence-electron chi connectivity index (χ3n) is 1.97. The van der Waals surface area contributed by atoms with Crippen LogP contribution in [0.3, 0.4) is 0 Å². The van der Waals surface area contributed by atoms with E-state index >= 15 is 0 Å². The molecular weight excluding hydrogens is 256 g/mol. The Morgan fingerprint density at radius 1 is 1.61 bits per heavy atom. The fourth-order valence-corrected chi connectivity index (χ4v) is 1.51. The Hall–Kier alpha value is -2.12. The number of terminal acetylenes is 1. The summed E-state index contributed by atoms with van der Waals surface area (Å²) in [5, 5.41) is 9.02. The fraction of sp³-hybridized carbons (Fsp3) is 0.154. The second-order valence-electron chi connectivity index (χ2n) is 3.19. The molecule has 1 N–H and O–H groups in total. The van der Waals surface area contributed by atoms with Gasteiger partial charge in [-0.05, 0) is 12.1 Å². The number of rotatable bonds is 5. The Morgan fingerprint density at radius 3 is 2.89 bits per heavy atom. The van der Waals surface area contributed by atoms with Crippen LogP contribution in [0.4, 0.5) is 0 Å². The second kappa shape index (κ2) is 6.58. The van der Waals surface area contributed by atoms with Crippen molar-refractivity contribution in [3.8, 4) is 23.8 Å². The first-order valence-corrected chi connectivity index (χ1v) is 5.31. The van der Waals surface area contributed by atoms with Crippen molar-refractivity contribution in [2.45, 2.75) is 0 Å². The van der Waals surface area contributed by atoms with Crippen LogP contribution in [-0.4, -0.2) is 24.8 Å². The van der Waals surface area contributed by atoms with Crippen LogP contribution >= 0.6 is 11.6 Å². The molecular formula is C13H11ClO4. The van der Waals surface area contributed by atoms with E-state index in [2.05, 4.69) is 5.92 Å². The average molecular weight is 267 g/mol. The maximum atomic E-state index is 10.5. The lowest BCUT2D eigenvalue weighted by atomic mass is 10.1. The molecule has 0 bridgehead atoms. The molecule has 1 aromatic carbocycles. The summed E-state index contributed by atoms with van der Waals surface area (Å²) in [7, 11) is 1.46. The van der Waals surface area contributed by atoms with Crippen molar-refractivity contribution >= 4 is 23.6 Å². The van der Waals surface area contributed by atoms with Gasteiger partial charge in [-0.25, -0.2) is 4.79 Å². The number of methoxy groups -OCH3 is 1. The molecule has 0 aliphatic rings. The van der Waals surface area contributed by atoms with Crippen LogP contribution in [0.1, 0.15) is 5.56 Å². The van der Waals surface area contributed by atoms with Crippen molar-refractivity contribution in [3.05, 3.63) is 28.8 Å². The number of hydrogen-bond donors (Lipinski definition) is 1. The van der Waals surface area contributed by atoms with E-state index in [0.717, 1.165) is 6.08 Å². The Bertz CT molecular complexity index is 514. The molecule has 0 fully saturated rings. The lowest BCUT2D eigenvalue weighted by Crippen LogP contribution is -1.99. The van der Waals surface area contributed by atoms with E-state index in [1.165, 1.54) is 13.2 Å². The molecule has 0 spiro atoms. The molecule has 0 amide bonds. The minimum absolute atomic E-state index is 0.0475. The van der Waals surface area contributed by atoms with E-state index in [0.29, 0.717) is 22.1 Å². The van der Waals surface area contributed by atoms with Gasteiger partial charge in [0.2, 0.25) is 0 Å². The van der Waals surface area contributed by atoms with Gasteiger partial charge in [0.15, 0.2) is 11.5 Å². The van der Waals surface area contributed by atoms with Gasteiger partial charge in [-0.2, -0.15) is 0 Å². The highest BCUT2D eigenvalue weighted by atomic mass is 35.5. The van der Waals surface area contributed by atoms with Gasteiger partial charge in [0, 0.05) is 22.7 Å². The standard InChI is InChI=1S/C13H11ClO4/c1-3-6-18-13-9(4-5-12(15)16)7-10(14)8-11(13)17-2/h1,4-5,7-8H,6H2,2H3,(H,15,16)/b5-4+. The van der Waals surface area contributed by atoms with Gasteiger partial charge >= 0.3 is 5.97 Å². The maximum Gasteiger partial charge on any atom is 0.328 e. The quantitative estimate of drug-likeness (QED) is 0.657. The van der Waals surface area contributed by atoms with Crippen LogP contribution in [0, 0.1) is 12.3 Å². The first-order chi connectivity index (χ1) is 8.58. The van der Waals surface area contributed by atoms with Gasteiger partial charge in [-0.1, -0.05) is 17.5 Å². The number of carboxylic acids is 1. The highest BCUT2D eigenvalue weighted by molar-refractivity contribution is 6.31. The molecule has 0 aliphatic heterocycles. The SMILES string of the molecule is C#CCOc1c(/C=C/C(=O)O)cc(Cl)cc1OC. The van der Waals surface area contributed by atoms with Crippen molar-refractivity contribution in [1.29, 1.82) is 0 Å². The van der Waals surface area contributed by atoms with Gasteiger partial charge in [-0.3, -0.25) is 0 Å². The molecule has 0 saturated carbocycles. The van der Waals surface area contributed by atoms with Gasteiger partial charge in [0.05, 0.1) is 7.11 Å². The summed E-state index contributed by atoms with van der Waals surface area (Å²) in [5.41, 5.74) is 0.483. The number of benzene rings is 1. The van der Waals surface area contributed by atoms with Crippen LogP contribution in [0.25, 0.3) is 6.08 Å². The summed E-state index contributed by atoms with van der Waals surface area (Å²) in [6.07, 6.45) is 7.46. The predicted octanol–water partition coefficient (Wildman–Crippen LogP) is 2.46. The number of hydrogen-bond acceptors (Lipinski definition) is 3. The molecule has 0 unspecified atom stereocenters. The number of carboxylic acid groups (broad SMARTS) is 1. The molecule has 0 aromatic heterocycles. The van der Waals surface area contributed by atoms with Crippen molar-refractivity contribution in [2.24, 2.45) is 0 Å². The summed E-state index contributed by atoms with van der Waals surface area (Å²) >= 11 is 5.89. The van der Waals surface area contributed by atoms with Crippen LogP contribution < -0.4 is 9.47 Å². The van der Waals surface area contributed by atoms with Gasteiger partial charge in [-0.15, -0.1) is 6.42 Å². The van der Waals surface area contributed by atoms with Crippen LogP contribution in [0.2, 0.25) is 5.02 Å². The fourth-order valence-electron chi connectivity index (χ4n) is 1.29. The average Bonchev–Trinajstić information content (AvgIpc) is 2.34. The Labute approximate surface area is 110 Å². The number of ether oxygens (including phenoxy) is 2. The molecule has 0 saturated heterocycles. The van der Waals surface area contributed by atoms with E-state index in [4.69, 9.17) is 32.6 Å². The summed E-state index contributed by atoms with van der Waals surface area (Å²) in [4.78, 5) is 10.5. The minimum Gasteiger partial charge on any atom is -0.493 e. The zero-order chi connectivity index (χ0) is 13.5. The van der Waals surface area contributed by atoms with Gasteiger partial charge in [0.1, 0.15) is 6.61 Å². The predicted molar refractivity (Wildman–Crippen MR) is 69.0 cm³/mol. The zero-order valence-electron chi connectivity index (χ0n) is 9.64. The first-order valence-electron chi connectivity index (χ1n) is 4.93.